The van der Waals surface area contributed by atoms with Crippen LogP contribution in [0.3, 0.4) is 0 Å². The number of sulfonamides is 2. The number of amidine groups is 2. The summed E-state index contributed by atoms with van der Waals surface area (Å²) >= 11 is 0. The average molecular weight is 1180 g/mol. The van der Waals surface area contributed by atoms with Gasteiger partial charge >= 0.3 is 49.1 Å². The molecule has 0 aliphatic carbocycles. The van der Waals surface area contributed by atoms with E-state index in [1.54, 1.807) is 6.92 Å². The van der Waals surface area contributed by atoms with Gasteiger partial charge in [-0.3, -0.25) is 23.6 Å². The second-order valence-electron chi connectivity index (χ2n) is 15.9. The number of hydrogen-bond acceptors (Lipinski definition) is 15. The first-order valence-corrected chi connectivity index (χ1v) is 25.1. The highest BCUT2D eigenvalue weighted by Gasteiger charge is 2.54. The van der Waals surface area contributed by atoms with Gasteiger partial charge in [0.25, 0.3) is 5.91 Å². The van der Waals surface area contributed by atoms with Crippen LogP contribution in [0.15, 0.2) is 83.3 Å². The smallest absolute Gasteiger partial charge is 0.477 e. The molecule has 1 amide bonds. The van der Waals surface area contributed by atoms with Crippen molar-refractivity contribution < 1.29 is 84.9 Å². The third kappa shape index (κ3) is 12.8. The third-order valence-electron chi connectivity index (χ3n) is 11.1. The minimum atomic E-state index is -5.75. The lowest BCUT2D eigenvalue weighted by molar-refractivity contribution is -0.0482. The Morgan fingerprint density at radius 1 is 0.654 bits per heavy atom. The molecule has 78 heavy (non-hydrogen) atoms. The van der Waals surface area contributed by atoms with Crippen LogP contribution in [-0.2, 0) is 55.5 Å². The number of anilines is 2. The second kappa shape index (κ2) is 24.3. The van der Waals surface area contributed by atoms with Crippen LogP contribution in [0.4, 0.5) is 55.3 Å². The molecule has 0 saturated heterocycles. The molecule has 21 nitrogen and oxygen atoms in total. The van der Waals surface area contributed by atoms with Crippen molar-refractivity contribution in [2.24, 2.45) is 15.9 Å². The highest BCUT2D eigenvalue weighted by molar-refractivity contribution is 7.90. The van der Waals surface area contributed by atoms with Crippen LogP contribution in [0.5, 0.6) is 0 Å². The maximum Gasteiger partial charge on any atom is 0.516 e. The number of hydrogen-bond donors (Lipinski definition) is 3. The predicted molar refractivity (Wildman–Crippen MR) is 262 cm³/mol. The van der Waals surface area contributed by atoms with E-state index in [1.807, 2.05) is 6.92 Å². The lowest BCUT2D eigenvalue weighted by Crippen LogP contribution is -2.51. The molecule has 0 unspecified atom stereocenters. The number of aromatic carboxylic acids is 1. The zero-order valence-electron chi connectivity index (χ0n) is 40.9. The monoisotopic (exact) mass is 1170 g/mol. The second-order valence-corrected chi connectivity index (χ2v) is 19.6. The zero-order valence-corrected chi connectivity index (χ0v) is 43.3. The van der Waals surface area contributed by atoms with Crippen LogP contribution in [-0.4, -0.2) is 125 Å². The number of amides is 1. The summed E-state index contributed by atoms with van der Waals surface area (Å²) in [7, 11) is -9.49. The first-order valence-electron chi connectivity index (χ1n) is 22.2. The van der Waals surface area contributed by atoms with Crippen molar-refractivity contribution in [2.75, 3.05) is 50.4 Å². The highest BCUT2D eigenvalue weighted by atomic mass is 35.5. The Morgan fingerprint density at radius 3 is 1.45 bits per heavy atom. The molecule has 0 bridgehead atoms. The highest BCUT2D eigenvalue weighted by Crippen LogP contribution is 2.32. The first kappa shape index (κ1) is 61.2. The molecule has 4 N–H and O–H groups in total. The van der Waals surface area contributed by atoms with E-state index < -0.39 is 91.3 Å². The molecule has 2 aliphatic heterocycles. The van der Waals surface area contributed by atoms with Gasteiger partial charge in [-0.1, -0.05) is 26.0 Å². The number of methoxy groups -OCH3 is 2. The number of carboxylic acids is 1. The quantitative estimate of drug-likeness (QED) is 0.120. The summed E-state index contributed by atoms with van der Waals surface area (Å²) < 4.78 is 191. The lowest BCUT2D eigenvalue weighted by atomic mass is 10.1. The summed E-state index contributed by atoms with van der Waals surface area (Å²) in [6, 6.07) is 11.6. The van der Waals surface area contributed by atoms with Crippen molar-refractivity contribution in [3.63, 3.8) is 0 Å². The number of rotatable bonds is 11. The van der Waals surface area contributed by atoms with Crippen molar-refractivity contribution in [1.82, 2.24) is 32.7 Å². The molecular formula is C44H45ClF10N12O9S2. The van der Waals surface area contributed by atoms with Crippen molar-refractivity contribution in [1.29, 1.82) is 0 Å². The van der Waals surface area contributed by atoms with E-state index in [4.69, 9.17) is 15.6 Å². The van der Waals surface area contributed by atoms with E-state index in [1.165, 1.54) is 57.3 Å². The minimum Gasteiger partial charge on any atom is -0.477 e. The fourth-order valence-electron chi connectivity index (χ4n) is 7.42. The Balaban J connectivity index is 0.000000238. The van der Waals surface area contributed by atoms with Gasteiger partial charge in [0.05, 0.1) is 63.2 Å². The molecule has 424 valence electrons. The van der Waals surface area contributed by atoms with E-state index in [0.29, 0.717) is 46.7 Å². The van der Waals surface area contributed by atoms with Crippen molar-refractivity contribution in [3.05, 3.63) is 130 Å². The van der Waals surface area contributed by atoms with Crippen LogP contribution in [0.25, 0.3) is 11.3 Å². The number of aryl methyl sites for hydroxylation is 2. The van der Waals surface area contributed by atoms with Crippen LogP contribution in [0, 0.1) is 23.3 Å². The van der Waals surface area contributed by atoms with E-state index >= 15 is 0 Å². The number of imidazole rings is 2. The molecule has 0 saturated carbocycles. The number of pyridine rings is 2. The normalized spacial score (nSPS) is 14.1. The number of nitrogens with zero attached hydrogens (tertiary/aromatic N) is 10. The summed E-state index contributed by atoms with van der Waals surface area (Å²) in [6.07, 6.45) is 3.19. The lowest BCUT2D eigenvalue weighted by Gasteiger charge is -2.32. The first-order chi connectivity index (χ1) is 36.1. The number of benzene rings is 2. The Kier molecular flexibility index (Phi) is 19.1. The van der Waals surface area contributed by atoms with Gasteiger partial charge in [-0.05, 0) is 72.5 Å². The van der Waals surface area contributed by atoms with Crippen molar-refractivity contribution >= 4 is 79.0 Å². The summed E-state index contributed by atoms with van der Waals surface area (Å²) in [4.78, 5) is 32.3. The fourth-order valence-corrected chi connectivity index (χ4v) is 9.19. The van der Waals surface area contributed by atoms with Crippen LogP contribution in [0.1, 0.15) is 57.3 Å². The predicted octanol–water partition coefficient (Wildman–Crippen LogP) is 6.32. The Labute approximate surface area is 442 Å². The molecular weight excluding hydrogens is 1130 g/mol. The van der Waals surface area contributed by atoms with Gasteiger partial charge in [0.15, 0.2) is 5.69 Å². The number of hydrazone groups is 2. The number of aromatic nitrogens is 4. The molecule has 4 aromatic heterocycles. The van der Waals surface area contributed by atoms with Crippen molar-refractivity contribution in [3.8, 4) is 0 Å². The number of carbonyl (C=O) groups excluding carboxylic acids is 1. The van der Waals surface area contributed by atoms with Crippen LogP contribution in [0.2, 0.25) is 0 Å². The number of nitrogens with two attached hydrogens (primary N) is 1. The molecule has 0 spiro atoms. The number of fused-ring (bicyclic) bond motifs is 2. The number of alkyl halides is 6. The number of carbonyl (C=O) groups is 2. The van der Waals surface area contributed by atoms with E-state index in [-0.39, 0.29) is 70.0 Å². The molecule has 6 heterocycles. The van der Waals surface area contributed by atoms with Gasteiger partial charge in [0.1, 0.15) is 40.3 Å². The van der Waals surface area contributed by atoms with Gasteiger partial charge in [0, 0.05) is 25.5 Å². The molecule has 2 aliphatic rings. The summed E-state index contributed by atoms with van der Waals surface area (Å²) in [6.45, 7) is 1.63. The zero-order chi connectivity index (χ0) is 56.9. The summed E-state index contributed by atoms with van der Waals surface area (Å²) in [5.74, 6) is -4.20. The number of ether oxygens (including phenoxy) is 2. The summed E-state index contributed by atoms with van der Waals surface area (Å²) in [5.41, 5.74) is -3.06. The number of carboxylic acid groups (broad SMARTS) is 1. The van der Waals surface area contributed by atoms with Gasteiger partial charge in [0.2, 0.25) is 0 Å². The standard InChI is InChI=1S/C22H21F5N6O4S.C12H14F4N4O3S.C10H9FN2O2.ClH/c1-3-16-19(31-12-14(23)5-7-18(31)29-16)20(34)28-11-13-4-6-17(15(24)10-13)32-8-9-33(21(30-32)37-2)38(35,36)22(25,26)27;1-23-11-18-19(10-3-2-8(7-17)6-9(10)13)4-5-20(11)24(21,22)12(14,15)16;1-2-7-9(10(14)15)13-5-6(11)3-4-8(13)12-7;/h4-7,10,12H,3,8-9,11H2,1-2H3,(H,28,34);2-3,6H,4-5,7,17H2,1H3;3-5H,2H2,1H3,(H,14,15);1H. The molecule has 34 heteroatoms. The molecule has 0 radical (unpaired) electrons. The Hall–Kier alpha value is -7.65. The Bertz CT molecular complexity index is 3490. The molecule has 2 aromatic carbocycles. The van der Waals surface area contributed by atoms with E-state index in [2.05, 4.69) is 30.2 Å². The SMILES string of the molecule is CCc1nc2ccc(F)cn2c1C(=O)NCc1ccc(N2CCN(S(=O)(=O)C(F)(F)F)C(OC)=N2)c(F)c1.CCc1nc2ccc(F)cn2c1C(=O)O.COC1=NN(c2ccc(CN)cc2F)CCN1S(=O)(=O)C(F)(F)F.Cl. The number of halogens is 11. The topological polar surface area (TPSA) is 251 Å². The van der Waals surface area contributed by atoms with Gasteiger partial charge in [-0.25, -0.2) is 40.9 Å². The average Bonchev–Trinajstić information content (AvgIpc) is 3.95. The minimum absolute atomic E-state index is 0. The largest absolute Gasteiger partial charge is 0.516 e. The Morgan fingerprint density at radius 2 is 1.06 bits per heavy atom. The van der Waals surface area contributed by atoms with E-state index in [0.717, 1.165) is 48.8 Å². The maximum atomic E-state index is 14.9. The number of nitrogens with one attached hydrogen (secondary N) is 1. The van der Waals surface area contributed by atoms with Crippen LogP contribution < -0.4 is 21.1 Å². The van der Waals surface area contributed by atoms with Gasteiger partial charge < -0.3 is 25.6 Å². The molecule has 0 atom stereocenters. The fraction of sp³-hybridized carbons (Fsp3) is 0.318. The van der Waals surface area contributed by atoms with Crippen molar-refractivity contribution in [2.45, 2.75) is 50.8 Å². The third-order valence-corrected chi connectivity index (χ3v) is 14.1. The maximum absolute atomic E-state index is 14.9. The van der Waals surface area contributed by atoms with E-state index in [9.17, 15) is 70.3 Å². The molecule has 0 fully saturated rings. The molecule has 6 aromatic rings. The summed E-state index contributed by atoms with van der Waals surface area (Å²) in [5, 5.41) is 21.0. The van der Waals surface area contributed by atoms with Gasteiger partial charge in [-0.2, -0.15) is 43.2 Å². The van der Waals surface area contributed by atoms with Crippen LogP contribution >= 0.6 is 12.4 Å². The molecule has 8 rings (SSSR count). The van der Waals surface area contributed by atoms with Gasteiger partial charge in [-0.15, -0.1) is 22.6 Å².